The standard InChI is InChI=1S/C53H32N2S2/c1-2-8-39-32-54-49(29-36(39)7-1)35-15-13-33(14-16-35)34-17-21-42(22-18-34)55(43-23-19-37-30-52-47(27-40(37)25-43)45-9-3-5-11-50(45)56-52)44-24-20-38-31-53-48(28-41(38)26-44)46-10-4-6-12-51(46)57-53/h1-32H. The third-order valence-electron chi connectivity index (χ3n) is 11.4. The van der Waals surface area contributed by atoms with Gasteiger partial charge in [0.25, 0.3) is 0 Å². The number of anilines is 3. The highest BCUT2D eigenvalue weighted by atomic mass is 32.1. The third kappa shape index (κ3) is 5.48. The van der Waals surface area contributed by atoms with Crippen LogP contribution in [-0.2, 0) is 0 Å². The first-order valence-corrected chi connectivity index (χ1v) is 20.9. The van der Waals surface area contributed by atoms with E-state index >= 15 is 0 Å². The molecule has 0 bridgehead atoms. The molecule has 0 saturated carbocycles. The van der Waals surface area contributed by atoms with Crippen LogP contribution in [0.25, 0.3) is 95.0 Å². The normalized spacial score (nSPS) is 11.9. The maximum atomic E-state index is 4.75. The molecule has 0 N–H and O–H groups in total. The van der Waals surface area contributed by atoms with E-state index in [0.29, 0.717) is 0 Å². The number of fused-ring (bicyclic) bond motifs is 9. The topological polar surface area (TPSA) is 16.1 Å². The van der Waals surface area contributed by atoms with Crippen LogP contribution in [0.4, 0.5) is 17.1 Å². The summed E-state index contributed by atoms with van der Waals surface area (Å²) in [5.41, 5.74) is 7.81. The van der Waals surface area contributed by atoms with E-state index in [1.165, 1.54) is 78.4 Å². The van der Waals surface area contributed by atoms with Crippen molar-refractivity contribution in [2.75, 3.05) is 4.90 Å². The summed E-state index contributed by atoms with van der Waals surface area (Å²) in [6.07, 6.45) is 1.96. The minimum absolute atomic E-state index is 0.984. The van der Waals surface area contributed by atoms with Crippen LogP contribution >= 0.6 is 22.7 Å². The summed E-state index contributed by atoms with van der Waals surface area (Å²) in [7, 11) is 0. The van der Waals surface area contributed by atoms with Crippen LogP contribution in [-0.4, -0.2) is 4.98 Å². The van der Waals surface area contributed by atoms with Gasteiger partial charge in [0.05, 0.1) is 5.69 Å². The van der Waals surface area contributed by atoms with E-state index in [-0.39, 0.29) is 0 Å². The highest BCUT2D eigenvalue weighted by Crippen LogP contribution is 2.43. The number of aromatic nitrogens is 1. The number of rotatable bonds is 5. The van der Waals surface area contributed by atoms with Gasteiger partial charge < -0.3 is 4.90 Å². The first-order chi connectivity index (χ1) is 28.2. The lowest BCUT2D eigenvalue weighted by Gasteiger charge is -2.26. The van der Waals surface area contributed by atoms with Crippen molar-refractivity contribution < 1.29 is 0 Å². The molecule has 2 nitrogen and oxygen atoms in total. The number of hydrogen-bond acceptors (Lipinski definition) is 4. The lowest BCUT2D eigenvalue weighted by Crippen LogP contribution is -2.09. The largest absolute Gasteiger partial charge is 0.310 e. The lowest BCUT2D eigenvalue weighted by atomic mass is 10.0. The molecule has 0 radical (unpaired) electrons. The summed E-state index contributed by atoms with van der Waals surface area (Å²) in [4.78, 5) is 7.16. The molecule has 9 aromatic carbocycles. The Labute approximate surface area is 337 Å². The second-order valence-electron chi connectivity index (χ2n) is 14.8. The average Bonchev–Trinajstić information content (AvgIpc) is 3.82. The van der Waals surface area contributed by atoms with Crippen molar-refractivity contribution in [2.24, 2.45) is 0 Å². The van der Waals surface area contributed by atoms with Crippen LogP contribution in [0.15, 0.2) is 194 Å². The van der Waals surface area contributed by atoms with Crippen molar-refractivity contribution in [3.8, 4) is 22.4 Å². The maximum absolute atomic E-state index is 4.75. The predicted octanol–water partition coefficient (Wildman–Crippen LogP) is 16.1. The van der Waals surface area contributed by atoms with E-state index in [1.54, 1.807) is 0 Å². The van der Waals surface area contributed by atoms with Crippen LogP contribution in [0.3, 0.4) is 0 Å². The molecule has 0 aliphatic rings. The molecule has 0 aliphatic carbocycles. The Kier molecular flexibility index (Phi) is 7.31. The Morgan fingerprint density at radius 2 is 0.789 bits per heavy atom. The maximum Gasteiger partial charge on any atom is 0.0708 e. The SMILES string of the molecule is c1ccc2cc(-c3ccc(-c4ccc(N(c5ccc6cc7sc8ccccc8c7cc6c5)c5ccc6cc7sc8ccccc8c7cc6c5)cc4)cc3)ncc2c1. The number of thiophene rings is 2. The van der Waals surface area contributed by atoms with Crippen molar-refractivity contribution in [2.45, 2.75) is 0 Å². The minimum Gasteiger partial charge on any atom is -0.310 e. The monoisotopic (exact) mass is 760 g/mol. The van der Waals surface area contributed by atoms with Gasteiger partial charge in [-0.05, 0) is 117 Å². The molecule has 3 aromatic heterocycles. The van der Waals surface area contributed by atoms with E-state index in [1.807, 2.05) is 28.9 Å². The van der Waals surface area contributed by atoms with Crippen LogP contribution in [0.5, 0.6) is 0 Å². The molecule has 0 unspecified atom stereocenters. The molecule has 266 valence electrons. The molecule has 3 heterocycles. The van der Waals surface area contributed by atoms with E-state index in [2.05, 4.69) is 193 Å². The summed E-state index contributed by atoms with van der Waals surface area (Å²) in [6.45, 7) is 0. The number of hydrogen-bond donors (Lipinski definition) is 0. The molecule has 4 heteroatoms. The molecule has 0 spiro atoms. The number of nitrogens with zero attached hydrogens (tertiary/aromatic N) is 2. The zero-order chi connectivity index (χ0) is 37.5. The first-order valence-electron chi connectivity index (χ1n) is 19.2. The fourth-order valence-corrected chi connectivity index (χ4v) is 10.8. The molecule has 0 aliphatic heterocycles. The van der Waals surface area contributed by atoms with Crippen LogP contribution in [0.1, 0.15) is 0 Å². The van der Waals surface area contributed by atoms with Gasteiger partial charge in [-0.1, -0.05) is 109 Å². The molecule has 12 rings (SSSR count). The van der Waals surface area contributed by atoms with Gasteiger partial charge in [-0.25, -0.2) is 0 Å². The van der Waals surface area contributed by atoms with Gasteiger partial charge in [0.2, 0.25) is 0 Å². The summed E-state index contributed by atoms with van der Waals surface area (Å²) in [5.74, 6) is 0. The molecule has 0 saturated heterocycles. The molecule has 57 heavy (non-hydrogen) atoms. The summed E-state index contributed by atoms with van der Waals surface area (Å²) >= 11 is 3.74. The Hall–Kier alpha value is -6.85. The molecule has 0 fully saturated rings. The fraction of sp³-hybridized carbons (Fsp3) is 0. The van der Waals surface area contributed by atoms with Gasteiger partial charge in [-0.15, -0.1) is 22.7 Å². The zero-order valence-corrected chi connectivity index (χ0v) is 32.3. The first kappa shape index (κ1) is 32.4. The smallest absolute Gasteiger partial charge is 0.0708 e. The second-order valence-corrected chi connectivity index (χ2v) is 17.0. The zero-order valence-electron chi connectivity index (χ0n) is 30.7. The Bertz CT molecular complexity index is 3370. The average molecular weight is 761 g/mol. The quantitative estimate of drug-likeness (QED) is 0.174. The van der Waals surface area contributed by atoms with Crippen molar-refractivity contribution in [3.05, 3.63) is 194 Å². The molecule has 0 amide bonds. The van der Waals surface area contributed by atoms with Crippen LogP contribution < -0.4 is 4.90 Å². The van der Waals surface area contributed by atoms with Gasteiger partial charge >= 0.3 is 0 Å². The lowest BCUT2D eigenvalue weighted by molar-refractivity contribution is 1.29. The molecule has 12 aromatic rings. The van der Waals surface area contributed by atoms with Gasteiger partial charge in [-0.3, -0.25) is 4.98 Å². The van der Waals surface area contributed by atoms with Gasteiger partial charge in [0.1, 0.15) is 0 Å². The number of benzene rings is 9. The van der Waals surface area contributed by atoms with Crippen molar-refractivity contribution >= 4 is 112 Å². The van der Waals surface area contributed by atoms with Crippen molar-refractivity contribution in [1.82, 2.24) is 4.98 Å². The summed E-state index contributed by atoms with van der Waals surface area (Å²) in [6, 6.07) is 69.1. The van der Waals surface area contributed by atoms with Gasteiger partial charge in [-0.2, -0.15) is 0 Å². The fourth-order valence-electron chi connectivity index (χ4n) is 8.51. The highest BCUT2D eigenvalue weighted by Gasteiger charge is 2.16. The van der Waals surface area contributed by atoms with Gasteiger partial charge in [0.15, 0.2) is 0 Å². The van der Waals surface area contributed by atoms with Crippen LogP contribution in [0, 0.1) is 0 Å². The Morgan fingerprint density at radius 3 is 1.39 bits per heavy atom. The van der Waals surface area contributed by atoms with E-state index in [9.17, 15) is 0 Å². The number of pyridine rings is 1. The summed E-state index contributed by atoms with van der Waals surface area (Å²) in [5, 5.41) is 12.6. The molecule has 0 atom stereocenters. The minimum atomic E-state index is 0.984. The molecular formula is C53H32N2S2. The second kappa shape index (κ2) is 12.9. The Balaban J connectivity index is 0.965. The summed E-state index contributed by atoms with van der Waals surface area (Å²) < 4.78 is 5.31. The highest BCUT2D eigenvalue weighted by molar-refractivity contribution is 7.26. The van der Waals surface area contributed by atoms with Crippen molar-refractivity contribution in [1.29, 1.82) is 0 Å². The third-order valence-corrected chi connectivity index (χ3v) is 13.7. The predicted molar refractivity (Wildman–Crippen MR) is 248 cm³/mol. The van der Waals surface area contributed by atoms with Crippen molar-refractivity contribution in [3.63, 3.8) is 0 Å². The van der Waals surface area contributed by atoms with E-state index in [0.717, 1.165) is 33.7 Å². The van der Waals surface area contributed by atoms with E-state index in [4.69, 9.17) is 4.98 Å². The van der Waals surface area contributed by atoms with Gasteiger partial charge in [0, 0.05) is 74.6 Å². The van der Waals surface area contributed by atoms with E-state index < -0.39 is 0 Å². The Morgan fingerprint density at radius 1 is 0.316 bits per heavy atom. The van der Waals surface area contributed by atoms with Crippen LogP contribution in [0.2, 0.25) is 0 Å². The molecular weight excluding hydrogens is 729 g/mol.